The minimum Gasteiger partial charge on any atom is -0.315 e. The molecule has 0 saturated heterocycles. The molecule has 0 atom stereocenters. The van der Waals surface area contributed by atoms with Gasteiger partial charge in [-0.1, -0.05) is 13.8 Å². The molecule has 0 aliphatic heterocycles. The maximum Gasteiger partial charge on any atom is 0.243 e. The largest absolute Gasteiger partial charge is 0.315 e. The highest BCUT2D eigenvalue weighted by molar-refractivity contribution is 9.11. The zero-order valence-electron chi connectivity index (χ0n) is 11.7. The van der Waals surface area contributed by atoms with E-state index < -0.39 is 15.6 Å². The monoisotopic (exact) mass is 368 g/mol. The highest BCUT2D eigenvalue weighted by Crippen LogP contribution is 2.32. The second-order valence-corrected chi connectivity index (χ2v) is 8.86. The lowest BCUT2D eigenvalue weighted by Gasteiger charge is -2.27. The van der Waals surface area contributed by atoms with Crippen molar-refractivity contribution in [2.24, 2.45) is 0 Å². The summed E-state index contributed by atoms with van der Waals surface area (Å²) in [5, 5.41) is 3.02. The predicted octanol–water partition coefficient (Wildman–Crippen LogP) is 3.09. The summed E-state index contributed by atoms with van der Waals surface area (Å²) < 4.78 is 28.4. The Labute approximate surface area is 128 Å². The second-order valence-electron chi connectivity index (χ2n) is 4.75. The smallest absolute Gasteiger partial charge is 0.243 e. The van der Waals surface area contributed by atoms with E-state index in [9.17, 15) is 8.42 Å². The van der Waals surface area contributed by atoms with E-state index in [0.717, 1.165) is 17.7 Å². The van der Waals surface area contributed by atoms with Gasteiger partial charge >= 0.3 is 0 Å². The first kappa shape index (κ1) is 17.1. The minimum absolute atomic E-state index is 0.330. The molecule has 0 aromatic carbocycles. The van der Waals surface area contributed by atoms with Gasteiger partial charge in [0.1, 0.15) is 4.90 Å². The van der Waals surface area contributed by atoms with Gasteiger partial charge in [-0.3, -0.25) is 0 Å². The Hall–Kier alpha value is 0.0500. The maximum atomic E-state index is 12.4. The van der Waals surface area contributed by atoms with E-state index in [0.29, 0.717) is 15.2 Å². The lowest BCUT2D eigenvalue weighted by Crippen LogP contribution is -2.44. The highest BCUT2D eigenvalue weighted by atomic mass is 79.9. The van der Waals surface area contributed by atoms with E-state index >= 15 is 0 Å². The standard InChI is InChI=1S/C12H21BrN2O2S2/c1-5-12(3,6-2)15-19(16,17)10-7-9(8-14-4)18-11(10)13/h7,14-15H,5-6,8H2,1-4H3. The Morgan fingerprint density at radius 1 is 1.37 bits per heavy atom. The van der Waals surface area contributed by atoms with Crippen molar-refractivity contribution in [1.29, 1.82) is 0 Å². The zero-order valence-corrected chi connectivity index (χ0v) is 14.9. The van der Waals surface area contributed by atoms with Crippen molar-refractivity contribution in [1.82, 2.24) is 10.0 Å². The van der Waals surface area contributed by atoms with Gasteiger partial charge in [0.15, 0.2) is 0 Å². The van der Waals surface area contributed by atoms with Crippen molar-refractivity contribution in [3.8, 4) is 0 Å². The van der Waals surface area contributed by atoms with Crippen molar-refractivity contribution in [3.05, 3.63) is 14.7 Å². The van der Waals surface area contributed by atoms with Crippen LogP contribution in [0, 0.1) is 0 Å². The first-order valence-electron chi connectivity index (χ1n) is 6.24. The lowest BCUT2D eigenvalue weighted by molar-refractivity contribution is 0.388. The average molecular weight is 369 g/mol. The molecular weight excluding hydrogens is 348 g/mol. The SMILES string of the molecule is CCC(C)(CC)NS(=O)(=O)c1cc(CNC)sc1Br. The highest BCUT2D eigenvalue weighted by Gasteiger charge is 2.29. The van der Waals surface area contributed by atoms with E-state index in [-0.39, 0.29) is 0 Å². The molecule has 0 spiro atoms. The molecule has 1 aromatic rings. The van der Waals surface area contributed by atoms with Crippen LogP contribution in [0.2, 0.25) is 0 Å². The summed E-state index contributed by atoms with van der Waals surface area (Å²) in [5.74, 6) is 0. The summed E-state index contributed by atoms with van der Waals surface area (Å²) in [5.41, 5.74) is -0.399. The van der Waals surface area contributed by atoms with Crippen LogP contribution in [0.4, 0.5) is 0 Å². The predicted molar refractivity (Wildman–Crippen MR) is 84.1 cm³/mol. The Morgan fingerprint density at radius 2 is 1.95 bits per heavy atom. The Kier molecular flexibility index (Phi) is 6.00. The molecule has 0 radical (unpaired) electrons. The summed E-state index contributed by atoms with van der Waals surface area (Å²) in [6, 6.07) is 1.72. The molecule has 0 saturated carbocycles. The number of sulfonamides is 1. The molecule has 1 rings (SSSR count). The van der Waals surface area contributed by atoms with Crippen LogP contribution in [0.15, 0.2) is 14.7 Å². The Bertz CT molecular complexity index is 522. The van der Waals surface area contributed by atoms with Gasteiger partial charge in [0, 0.05) is 17.0 Å². The normalized spacial score (nSPS) is 12.9. The zero-order chi connectivity index (χ0) is 14.7. The van der Waals surface area contributed by atoms with Crippen LogP contribution in [0.25, 0.3) is 0 Å². The van der Waals surface area contributed by atoms with Crippen LogP contribution in [0.5, 0.6) is 0 Å². The molecule has 4 nitrogen and oxygen atoms in total. The molecule has 0 fully saturated rings. The topological polar surface area (TPSA) is 58.2 Å². The van der Waals surface area contributed by atoms with E-state index in [1.165, 1.54) is 11.3 Å². The number of halogens is 1. The fourth-order valence-corrected chi connectivity index (χ4v) is 5.86. The maximum absolute atomic E-state index is 12.4. The molecule has 7 heteroatoms. The van der Waals surface area contributed by atoms with Crippen LogP contribution < -0.4 is 10.0 Å². The lowest BCUT2D eigenvalue weighted by atomic mass is 9.98. The first-order chi connectivity index (χ1) is 8.78. The van der Waals surface area contributed by atoms with E-state index in [1.54, 1.807) is 6.07 Å². The second kappa shape index (κ2) is 6.67. The third-order valence-electron chi connectivity index (χ3n) is 3.29. The molecular formula is C12H21BrN2O2S2. The van der Waals surface area contributed by atoms with Crippen LogP contribution in [0.3, 0.4) is 0 Å². The molecule has 1 heterocycles. The summed E-state index contributed by atoms with van der Waals surface area (Å²) in [7, 11) is -1.65. The number of nitrogens with one attached hydrogen (secondary N) is 2. The van der Waals surface area contributed by atoms with Crippen LogP contribution in [0.1, 0.15) is 38.5 Å². The number of hydrogen-bond donors (Lipinski definition) is 2. The molecule has 110 valence electrons. The molecule has 0 unspecified atom stereocenters. The van der Waals surface area contributed by atoms with Crippen molar-refractivity contribution >= 4 is 37.3 Å². The van der Waals surface area contributed by atoms with E-state index in [2.05, 4.69) is 26.0 Å². The number of hydrogen-bond acceptors (Lipinski definition) is 4. The molecule has 0 bridgehead atoms. The Balaban J connectivity index is 3.07. The van der Waals surface area contributed by atoms with Gasteiger partial charge in [0.05, 0.1) is 3.79 Å². The molecule has 0 amide bonds. The molecule has 1 aromatic heterocycles. The van der Waals surface area contributed by atoms with Crippen molar-refractivity contribution in [3.63, 3.8) is 0 Å². The van der Waals surface area contributed by atoms with Gasteiger partial charge in [-0.2, -0.15) is 0 Å². The van der Waals surface area contributed by atoms with Gasteiger partial charge in [-0.15, -0.1) is 11.3 Å². The fourth-order valence-electron chi connectivity index (χ4n) is 1.62. The number of rotatable bonds is 7. The molecule has 0 aliphatic carbocycles. The van der Waals surface area contributed by atoms with Gasteiger partial charge in [0.2, 0.25) is 10.0 Å². The van der Waals surface area contributed by atoms with Crippen LogP contribution >= 0.6 is 27.3 Å². The summed E-state index contributed by atoms with van der Waals surface area (Å²) >= 11 is 4.79. The molecule has 0 aliphatic rings. The quantitative estimate of drug-likeness (QED) is 0.777. The Morgan fingerprint density at radius 3 is 2.42 bits per heavy atom. The molecule has 19 heavy (non-hydrogen) atoms. The first-order valence-corrected chi connectivity index (χ1v) is 9.34. The average Bonchev–Trinajstić information content (AvgIpc) is 2.71. The van der Waals surface area contributed by atoms with Gasteiger partial charge in [-0.05, 0) is 48.8 Å². The van der Waals surface area contributed by atoms with E-state index in [4.69, 9.17) is 0 Å². The summed E-state index contributed by atoms with van der Waals surface area (Å²) in [6.07, 6.45) is 1.52. The third kappa shape index (κ3) is 4.26. The minimum atomic E-state index is -3.48. The summed E-state index contributed by atoms with van der Waals surface area (Å²) in [6.45, 7) is 6.57. The van der Waals surface area contributed by atoms with Gasteiger partial charge < -0.3 is 5.32 Å². The van der Waals surface area contributed by atoms with Gasteiger partial charge in [0.25, 0.3) is 0 Å². The van der Waals surface area contributed by atoms with Crippen molar-refractivity contribution in [2.45, 2.75) is 50.6 Å². The van der Waals surface area contributed by atoms with Gasteiger partial charge in [-0.25, -0.2) is 13.1 Å². The third-order valence-corrected chi connectivity index (χ3v) is 7.18. The van der Waals surface area contributed by atoms with Crippen LogP contribution in [-0.4, -0.2) is 21.0 Å². The number of thiophene rings is 1. The van der Waals surface area contributed by atoms with E-state index in [1.807, 2.05) is 27.8 Å². The van der Waals surface area contributed by atoms with Crippen LogP contribution in [-0.2, 0) is 16.6 Å². The molecule has 2 N–H and O–H groups in total. The van der Waals surface area contributed by atoms with Crippen molar-refractivity contribution < 1.29 is 8.42 Å². The summed E-state index contributed by atoms with van der Waals surface area (Å²) in [4.78, 5) is 1.32. The fraction of sp³-hybridized carbons (Fsp3) is 0.667. The van der Waals surface area contributed by atoms with Crippen molar-refractivity contribution in [2.75, 3.05) is 7.05 Å².